The average molecular weight is 279 g/mol. The zero-order valence-electron chi connectivity index (χ0n) is 11.4. The Balaban J connectivity index is 0.00000289. The number of piperidine rings is 1. The van der Waals surface area contributed by atoms with Gasteiger partial charge in [0, 0.05) is 13.0 Å². The molecule has 4 nitrogen and oxygen atoms in total. The van der Waals surface area contributed by atoms with E-state index in [9.17, 15) is 9.90 Å². The summed E-state index contributed by atoms with van der Waals surface area (Å²) in [6.45, 7) is 6.57. The van der Waals surface area contributed by atoms with Gasteiger partial charge in [-0.2, -0.15) is 0 Å². The van der Waals surface area contributed by atoms with Crippen LogP contribution in [0.5, 0.6) is 0 Å². The summed E-state index contributed by atoms with van der Waals surface area (Å²) in [4.78, 5) is 11.7. The molecule has 1 amide bonds. The fourth-order valence-electron chi connectivity index (χ4n) is 2.28. The smallest absolute Gasteiger partial charge is 0.220 e. The first-order valence-corrected chi connectivity index (χ1v) is 6.73. The molecule has 1 saturated heterocycles. The molecule has 0 spiro atoms. The van der Waals surface area contributed by atoms with E-state index in [4.69, 9.17) is 0 Å². The molecule has 0 aromatic carbocycles. The van der Waals surface area contributed by atoms with E-state index >= 15 is 0 Å². The first-order valence-electron chi connectivity index (χ1n) is 6.73. The number of rotatable bonds is 6. The summed E-state index contributed by atoms with van der Waals surface area (Å²) in [6, 6.07) is 0. The highest BCUT2D eigenvalue weighted by molar-refractivity contribution is 5.85. The second kappa shape index (κ2) is 9.59. The van der Waals surface area contributed by atoms with Gasteiger partial charge in [-0.25, -0.2) is 0 Å². The highest BCUT2D eigenvalue weighted by Gasteiger charge is 2.17. The number of aliphatic hydroxyl groups is 1. The number of halogens is 1. The van der Waals surface area contributed by atoms with Crippen LogP contribution < -0.4 is 10.6 Å². The summed E-state index contributed by atoms with van der Waals surface area (Å²) in [5, 5.41) is 15.8. The van der Waals surface area contributed by atoms with Gasteiger partial charge in [0.25, 0.3) is 0 Å². The molecule has 1 unspecified atom stereocenters. The molecular formula is C13H27ClN2O2. The van der Waals surface area contributed by atoms with Crippen molar-refractivity contribution in [2.45, 2.75) is 45.6 Å². The van der Waals surface area contributed by atoms with E-state index in [1.165, 1.54) is 0 Å². The van der Waals surface area contributed by atoms with Gasteiger partial charge in [0.2, 0.25) is 5.91 Å². The van der Waals surface area contributed by atoms with E-state index < -0.39 is 6.10 Å². The van der Waals surface area contributed by atoms with Crippen molar-refractivity contribution >= 4 is 18.3 Å². The quantitative estimate of drug-likeness (QED) is 0.687. The topological polar surface area (TPSA) is 61.4 Å². The standard InChI is InChI=1S/C13H26N2O2.ClH/c1-10(2)7-12(16)9-15-13(17)8-11-3-5-14-6-4-11;/h10-12,14,16H,3-9H2,1-2H3,(H,15,17);1H. The lowest BCUT2D eigenvalue weighted by Crippen LogP contribution is -2.36. The minimum Gasteiger partial charge on any atom is -0.391 e. The molecule has 0 aliphatic carbocycles. The molecule has 0 radical (unpaired) electrons. The Morgan fingerprint density at radius 1 is 1.39 bits per heavy atom. The number of amides is 1. The molecule has 0 aromatic rings. The summed E-state index contributed by atoms with van der Waals surface area (Å²) in [5.74, 6) is 1.06. The molecule has 1 aliphatic rings. The first kappa shape index (κ1) is 17.7. The lowest BCUT2D eigenvalue weighted by atomic mass is 9.94. The minimum atomic E-state index is -0.410. The second-order valence-corrected chi connectivity index (χ2v) is 5.48. The van der Waals surface area contributed by atoms with E-state index in [1.54, 1.807) is 0 Å². The van der Waals surface area contributed by atoms with Crippen molar-refractivity contribution < 1.29 is 9.90 Å². The molecule has 0 saturated carbocycles. The van der Waals surface area contributed by atoms with E-state index in [2.05, 4.69) is 24.5 Å². The molecule has 1 aliphatic heterocycles. The highest BCUT2D eigenvalue weighted by atomic mass is 35.5. The van der Waals surface area contributed by atoms with E-state index in [0.29, 0.717) is 24.8 Å². The van der Waals surface area contributed by atoms with Crippen LogP contribution in [-0.2, 0) is 4.79 Å². The monoisotopic (exact) mass is 278 g/mol. The maximum atomic E-state index is 11.7. The van der Waals surface area contributed by atoms with Gasteiger partial charge in [-0.1, -0.05) is 13.8 Å². The van der Waals surface area contributed by atoms with Crippen LogP contribution in [0.3, 0.4) is 0 Å². The van der Waals surface area contributed by atoms with Crippen molar-refractivity contribution in [2.24, 2.45) is 11.8 Å². The Hall–Kier alpha value is -0.320. The Kier molecular flexibility index (Phi) is 9.42. The van der Waals surface area contributed by atoms with E-state index in [0.717, 1.165) is 32.4 Å². The zero-order valence-corrected chi connectivity index (χ0v) is 12.3. The van der Waals surface area contributed by atoms with E-state index in [1.807, 2.05) is 0 Å². The number of carbonyl (C=O) groups excluding carboxylic acids is 1. The average Bonchev–Trinajstić information content (AvgIpc) is 2.27. The molecule has 3 N–H and O–H groups in total. The predicted molar refractivity (Wildman–Crippen MR) is 75.9 cm³/mol. The highest BCUT2D eigenvalue weighted by Crippen LogP contribution is 2.15. The van der Waals surface area contributed by atoms with Gasteiger partial charge in [0.15, 0.2) is 0 Å². The largest absolute Gasteiger partial charge is 0.391 e. The van der Waals surface area contributed by atoms with Crippen LogP contribution in [0.25, 0.3) is 0 Å². The number of hydrogen-bond acceptors (Lipinski definition) is 3. The molecule has 18 heavy (non-hydrogen) atoms. The Bertz CT molecular complexity index is 231. The molecule has 0 bridgehead atoms. The maximum Gasteiger partial charge on any atom is 0.220 e. The lowest BCUT2D eigenvalue weighted by molar-refractivity contribution is -0.122. The maximum absolute atomic E-state index is 11.7. The van der Waals surface area contributed by atoms with Crippen LogP contribution in [0.1, 0.15) is 39.5 Å². The second-order valence-electron chi connectivity index (χ2n) is 5.48. The fraction of sp³-hybridized carbons (Fsp3) is 0.923. The third-order valence-electron chi connectivity index (χ3n) is 3.21. The summed E-state index contributed by atoms with van der Waals surface area (Å²) in [5.41, 5.74) is 0. The van der Waals surface area contributed by atoms with Crippen LogP contribution in [0.2, 0.25) is 0 Å². The molecule has 1 heterocycles. The van der Waals surface area contributed by atoms with Gasteiger partial charge < -0.3 is 15.7 Å². The summed E-state index contributed by atoms with van der Waals surface area (Å²) in [7, 11) is 0. The van der Waals surface area contributed by atoms with Gasteiger partial charge in [-0.3, -0.25) is 4.79 Å². The Morgan fingerprint density at radius 2 is 2.00 bits per heavy atom. The van der Waals surface area contributed by atoms with Crippen molar-refractivity contribution in [1.29, 1.82) is 0 Å². The van der Waals surface area contributed by atoms with Crippen molar-refractivity contribution in [1.82, 2.24) is 10.6 Å². The van der Waals surface area contributed by atoms with Gasteiger partial charge in [-0.05, 0) is 44.2 Å². The lowest BCUT2D eigenvalue weighted by Gasteiger charge is -2.22. The fourth-order valence-corrected chi connectivity index (χ4v) is 2.28. The van der Waals surface area contributed by atoms with Crippen LogP contribution >= 0.6 is 12.4 Å². The molecule has 5 heteroatoms. The van der Waals surface area contributed by atoms with Crippen LogP contribution in [0.15, 0.2) is 0 Å². The van der Waals surface area contributed by atoms with Crippen molar-refractivity contribution in [3.05, 3.63) is 0 Å². The van der Waals surface area contributed by atoms with Gasteiger partial charge in [0.1, 0.15) is 0 Å². The molecule has 0 aromatic heterocycles. The first-order chi connectivity index (χ1) is 8.08. The van der Waals surface area contributed by atoms with Gasteiger partial charge in [-0.15, -0.1) is 12.4 Å². The SMILES string of the molecule is CC(C)CC(O)CNC(=O)CC1CCNCC1.Cl. The Morgan fingerprint density at radius 3 is 2.56 bits per heavy atom. The van der Waals surface area contributed by atoms with Gasteiger partial charge >= 0.3 is 0 Å². The van der Waals surface area contributed by atoms with Crippen molar-refractivity contribution in [3.63, 3.8) is 0 Å². The number of aliphatic hydroxyl groups excluding tert-OH is 1. The number of hydrogen-bond donors (Lipinski definition) is 3. The van der Waals surface area contributed by atoms with Crippen LogP contribution in [-0.4, -0.2) is 36.8 Å². The predicted octanol–water partition coefficient (Wildman–Crippen LogP) is 1.32. The third-order valence-corrected chi connectivity index (χ3v) is 3.21. The van der Waals surface area contributed by atoms with E-state index in [-0.39, 0.29) is 18.3 Å². The normalized spacial score (nSPS) is 18.2. The zero-order chi connectivity index (χ0) is 12.7. The van der Waals surface area contributed by atoms with Gasteiger partial charge in [0.05, 0.1) is 6.10 Å². The molecule has 1 rings (SSSR count). The van der Waals surface area contributed by atoms with Crippen LogP contribution in [0, 0.1) is 11.8 Å². The summed E-state index contributed by atoms with van der Waals surface area (Å²) < 4.78 is 0. The van der Waals surface area contributed by atoms with Crippen LogP contribution in [0.4, 0.5) is 0 Å². The molecule has 1 atom stereocenters. The summed E-state index contributed by atoms with van der Waals surface area (Å²) >= 11 is 0. The molecule has 1 fully saturated rings. The summed E-state index contributed by atoms with van der Waals surface area (Å²) in [6.07, 6.45) is 3.11. The number of nitrogens with one attached hydrogen (secondary N) is 2. The van der Waals surface area contributed by atoms with Crippen molar-refractivity contribution in [2.75, 3.05) is 19.6 Å². The van der Waals surface area contributed by atoms with Crippen molar-refractivity contribution in [3.8, 4) is 0 Å². The molecule has 108 valence electrons. The molecular weight excluding hydrogens is 252 g/mol. The minimum absolute atomic E-state index is 0. The Labute approximate surface area is 116 Å². The number of carbonyl (C=O) groups is 1. The third kappa shape index (κ3) is 7.90.